The zero-order chi connectivity index (χ0) is 26.0. The molecule has 2 unspecified atom stereocenters. The number of benzene rings is 2. The molecule has 0 bridgehead atoms. The van der Waals surface area contributed by atoms with Crippen molar-refractivity contribution in [1.82, 2.24) is 15.2 Å². The van der Waals surface area contributed by atoms with Crippen LogP contribution >= 0.6 is 0 Å². The smallest absolute Gasteiger partial charge is 0.261 e. The fourth-order valence-corrected chi connectivity index (χ4v) is 5.79. The van der Waals surface area contributed by atoms with E-state index in [1.54, 1.807) is 23.1 Å². The Kier molecular flexibility index (Phi) is 6.80. The lowest BCUT2D eigenvalue weighted by atomic mass is 10.0. The Morgan fingerprint density at radius 3 is 2.49 bits per heavy atom. The van der Waals surface area contributed by atoms with Gasteiger partial charge in [-0.15, -0.1) is 0 Å². The number of fused-ring (bicyclic) bond motifs is 1. The lowest BCUT2D eigenvalue weighted by molar-refractivity contribution is -0.133. The molecule has 1 aromatic heterocycles. The minimum absolute atomic E-state index is 0.0339. The highest BCUT2D eigenvalue weighted by Gasteiger charge is 2.46. The number of hydrogen-bond acceptors (Lipinski definition) is 5. The third-order valence-corrected chi connectivity index (χ3v) is 8.31. The van der Waals surface area contributed by atoms with Crippen molar-refractivity contribution in [1.29, 1.82) is 0 Å². The predicted octanol–water partition coefficient (Wildman–Crippen LogP) is 2.78. The SMILES string of the molecule is O=C(NC/C=C/S(=O)(=O)c1ccccc1)c1cc2c([nH]c1=O)CCN(C(=O)C1CC1c1ccccc1)C2. The first-order valence-electron chi connectivity index (χ1n) is 12.2. The third-order valence-electron chi connectivity index (χ3n) is 6.83. The highest BCUT2D eigenvalue weighted by Crippen LogP contribution is 2.48. The number of sulfone groups is 1. The molecule has 2 heterocycles. The van der Waals surface area contributed by atoms with Gasteiger partial charge in [0.1, 0.15) is 5.56 Å². The number of rotatable bonds is 7. The quantitative estimate of drug-likeness (QED) is 0.500. The predicted molar refractivity (Wildman–Crippen MR) is 139 cm³/mol. The van der Waals surface area contributed by atoms with Crippen LogP contribution in [-0.4, -0.2) is 43.2 Å². The van der Waals surface area contributed by atoms with Crippen LogP contribution in [0.15, 0.2) is 87.9 Å². The minimum Gasteiger partial charge on any atom is -0.348 e. The normalized spacial score (nSPS) is 18.9. The van der Waals surface area contributed by atoms with Gasteiger partial charge in [-0.25, -0.2) is 8.42 Å². The van der Waals surface area contributed by atoms with Crippen LogP contribution in [0, 0.1) is 5.92 Å². The number of carbonyl (C=O) groups is 2. The van der Waals surface area contributed by atoms with Gasteiger partial charge in [0.05, 0.1) is 4.90 Å². The van der Waals surface area contributed by atoms with Gasteiger partial charge in [0, 0.05) is 43.1 Å². The Hall–Kier alpha value is -3.98. The molecule has 2 aliphatic rings. The van der Waals surface area contributed by atoms with Crippen molar-refractivity contribution < 1.29 is 18.0 Å². The van der Waals surface area contributed by atoms with E-state index in [2.05, 4.69) is 10.3 Å². The van der Waals surface area contributed by atoms with Gasteiger partial charge >= 0.3 is 0 Å². The summed E-state index contributed by atoms with van der Waals surface area (Å²) in [5.74, 6) is -0.304. The van der Waals surface area contributed by atoms with Gasteiger partial charge in [-0.1, -0.05) is 54.6 Å². The van der Waals surface area contributed by atoms with E-state index >= 15 is 0 Å². The number of H-pyrrole nitrogens is 1. The van der Waals surface area contributed by atoms with Crippen LogP contribution in [0.25, 0.3) is 0 Å². The summed E-state index contributed by atoms with van der Waals surface area (Å²) in [5.41, 5.74) is 2.06. The van der Waals surface area contributed by atoms with Crippen molar-refractivity contribution in [3.8, 4) is 0 Å². The molecule has 2 N–H and O–H groups in total. The first kappa shape index (κ1) is 24.7. The number of nitrogens with zero attached hydrogens (tertiary/aromatic N) is 1. The summed E-state index contributed by atoms with van der Waals surface area (Å²) in [6.07, 6.45) is 2.67. The fraction of sp³-hybridized carbons (Fsp3) is 0.250. The number of amides is 2. The summed E-state index contributed by atoms with van der Waals surface area (Å²) in [7, 11) is -3.62. The Labute approximate surface area is 214 Å². The van der Waals surface area contributed by atoms with Crippen LogP contribution in [0.4, 0.5) is 0 Å². The molecular weight excluding hydrogens is 490 g/mol. The van der Waals surface area contributed by atoms with E-state index in [4.69, 9.17) is 0 Å². The Balaban J connectivity index is 1.22. The molecule has 0 radical (unpaired) electrons. The lowest BCUT2D eigenvalue weighted by Crippen LogP contribution is -2.39. The second-order valence-electron chi connectivity index (χ2n) is 9.32. The van der Waals surface area contributed by atoms with Crippen LogP contribution in [0.1, 0.15) is 39.5 Å². The Morgan fingerprint density at radius 1 is 1.05 bits per heavy atom. The average molecular weight is 518 g/mol. The summed E-state index contributed by atoms with van der Waals surface area (Å²) in [4.78, 5) is 43.1. The average Bonchev–Trinajstić information content (AvgIpc) is 3.72. The van der Waals surface area contributed by atoms with Crippen LogP contribution in [0.2, 0.25) is 0 Å². The van der Waals surface area contributed by atoms with E-state index in [1.165, 1.54) is 29.8 Å². The van der Waals surface area contributed by atoms with E-state index in [-0.39, 0.29) is 34.7 Å². The van der Waals surface area contributed by atoms with Crippen LogP contribution in [0.3, 0.4) is 0 Å². The molecule has 2 atom stereocenters. The summed E-state index contributed by atoms with van der Waals surface area (Å²) < 4.78 is 24.6. The van der Waals surface area contributed by atoms with Crippen molar-refractivity contribution in [2.45, 2.75) is 30.2 Å². The molecule has 1 aliphatic carbocycles. The van der Waals surface area contributed by atoms with Gasteiger partial charge in [0.2, 0.25) is 5.91 Å². The van der Waals surface area contributed by atoms with E-state index in [0.29, 0.717) is 19.5 Å². The van der Waals surface area contributed by atoms with Crippen molar-refractivity contribution in [3.05, 3.63) is 111 Å². The Bertz CT molecular complexity index is 1510. The molecule has 37 heavy (non-hydrogen) atoms. The molecular formula is C28H27N3O5S. The van der Waals surface area contributed by atoms with Gasteiger partial charge in [0.25, 0.3) is 11.5 Å². The highest BCUT2D eigenvalue weighted by atomic mass is 32.2. The zero-order valence-electron chi connectivity index (χ0n) is 20.1. The van der Waals surface area contributed by atoms with Crippen molar-refractivity contribution in [2.75, 3.05) is 13.1 Å². The molecule has 2 amide bonds. The maximum Gasteiger partial charge on any atom is 0.261 e. The maximum atomic E-state index is 13.1. The monoisotopic (exact) mass is 517 g/mol. The first-order chi connectivity index (χ1) is 17.8. The lowest BCUT2D eigenvalue weighted by Gasteiger charge is -2.29. The van der Waals surface area contributed by atoms with Crippen molar-refractivity contribution in [2.24, 2.45) is 5.92 Å². The Morgan fingerprint density at radius 2 is 1.76 bits per heavy atom. The molecule has 0 spiro atoms. The molecule has 1 saturated carbocycles. The van der Waals surface area contributed by atoms with E-state index in [1.807, 2.05) is 30.3 Å². The van der Waals surface area contributed by atoms with Crippen LogP contribution < -0.4 is 10.9 Å². The molecule has 8 nitrogen and oxygen atoms in total. The molecule has 1 aliphatic heterocycles. The molecule has 2 aromatic carbocycles. The number of hydrogen-bond donors (Lipinski definition) is 2. The summed E-state index contributed by atoms with van der Waals surface area (Å²) in [5, 5.41) is 3.60. The highest BCUT2D eigenvalue weighted by molar-refractivity contribution is 7.94. The molecule has 1 fully saturated rings. The molecule has 190 valence electrons. The number of aromatic amines is 1. The van der Waals surface area contributed by atoms with Gasteiger partial charge in [-0.2, -0.15) is 0 Å². The van der Waals surface area contributed by atoms with E-state index < -0.39 is 21.3 Å². The molecule has 3 aromatic rings. The summed E-state index contributed by atoms with van der Waals surface area (Å²) in [6, 6.07) is 19.5. The second-order valence-corrected chi connectivity index (χ2v) is 11.2. The second kappa shape index (κ2) is 10.2. The maximum absolute atomic E-state index is 13.1. The molecule has 9 heteroatoms. The zero-order valence-corrected chi connectivity index (χ0v) is 20.9. The van der Waals surface area contributed by atoms with Gasteiger partial charge in [-0.3, -0.25) is 14.4 Å². The summed E-state index contributed by atoms with van der Waals surface area (Å²) in [6.45, 7) is 0.791. The van der Waals surface area contributed by atoms with E-state index in [0.717, 1.165) is 23.1 Å². The number of pyridine rings is 1. The largest absolute Gasteiger partial charge is 0.348 e. The fourth-order valence-electron chi connectivity index (χ4n) is 4.75. The molecule has 0 saturated heterocycles. The number of aromatic nitrogens is 1. The van der Waals surface area contributed by atoms with E-state index in [9.17, 15) is 22.8 Å². The van der Waals surface area contributed by atoms with Crippen LogP contribution in [0.5, 0.6) is 0 Å². The number of nitrogens with one attached hydrogen (secondary N) is 2. The standard InChI is InChI=1S/C28H27N3O5S/c32-26(29-13-7-15-37(35,36)21-10-5-2-6-11-21)24-16-20-18-31(14-12-25(20)30-27(24)33)28(34)23-17-22(23)19-8-3-1-4-9-19/h1-11,15-16,22-23H,12-14,17-18H2,(H,29,32)(H,30,33)/b15-7+. The minimum atomic E-state index is -3.62. The van der Waals surface area contributed by atoms with Gasteiger partial charge < -0.3 is 15.2 Å². The molecule has 5 rings (SSSR count). The summed E-state index contributed by atoms with van der Waals surface area (Å²) >= 11 is 0. The number of carbonyl (C=O) groups excluding carboxylic acids is 2. The first-order valence-corrected chi connectivity index (χ1v) is 13.7. The third kappa shape index (κ3) is 5.41. The van der Waals surface area contributed by atoms with Crippen LogP contribution in [-0.2, 0) is 27.6 Å². The van der Waals surface area contributed by atoms with Gasteiger partial charge in [-0.05, 0) is 41.7 Å². The topological polar surface area (TPSA) is 116 Å². The van der Waals surface area contributed by atoms with Crippen molar-refractivity contribution >= 4 is 21.7 Å². The van der Waals surface area contributed by atoms with Gasteiger partial charge in [0.15, 0.2) is 9.84 Å². The van der Waals surface area contributed by atoms with Crippen molar-refractivity contribution in [3.63, 3.8) is 0 Å².